The highest BCUT2D eigenvalue weighted by Crippen LogP contribution is 2.21. The minimum Gasteiger partial charge on any atom is -0.508 e. The van der Waals surface area contributed by atoms with Crippen LogP contribution in [-0.4, -0.2) is 31.3 Å². The third-order valence-corrected chi connectivity index (χ3v) is 2.90. The van der Waals surface area contributed by atoms with E-state index in [1.54, 1.807) is 6.07 Å². The monoisotopic (exact) mass is 280 g/mol. The number of rotatable bonds is 3. The van der Waals surface area contributed by atoms with Gasteiger partial charge < -0.3 is 10.2 Å². The van der Waals surface area contributed by atoms with E-state index >= 15 is 0 Å². The van der Waals surface area contributed by atoms with Crippen LogP contribution in [0.4, 0.5) is 0 Å². The quantitative estimate of drug-likeness (QED) is 0.721. The van der Waals surface area contributed by atoms with Crippen LogP contribution in [0, 0.1) is 0 Å². The van der Waals surface area contributed by atoms with Crippen molar-refractivity contribution in [1.82, 2.24) is 14.9 Å². The molecule has 0 radical (unpaired) electrons. The number of phenolic OH excluding ortho intramolecular Hbond substituents is 2. The van der Waals surface area contributed by atoms with Crippen molar-refractivity contribution in [3.05, 3.63) is 60.4 Å². The minimum absolute atomic E-state index is 0.000998. The number of benzene rings is 2. The fourth-order valence-corrected chi connectivity index (χ4v) is 1.86. The normalized spacial score (nSPS) is 11.0. The van der Waals surface area contributed by atoms with E-state index in [-0.39, 0.29) is 11.5 Å². The predicted molar refractivity (Wildman–Crippen MR) is 78.2 cm³/mol. The maximum atomic E-state index is 9.71. The summed E-state index contributed by atoms with van der Waals surface area (Å²) in [6.07, 6.45) is 2.96. The summed E-state index contributed by atoms with van der Waals surface area (Å²) in [6.45, 7) is 0. The van der Waals surface area contributed by atoms with E-state index in [4.69, 9.17) is 0 Å². The van der Waals surface area contributed by atoms with Crippen LogP contribution in [0.1, 0.15) is 5.56 Å². The van der Waals surface area contributed by atoms with Crippen LogP contribution in [0.15, 0.2) is 60.0 Å². The van der Waals surface area contributed by atoms with Gasteiger partial charge in [0.1, 0.15) is 17.8 Å². The molecule has 6 heteroatoms. The molecule has 0 aliphatic heterocycles. The Morgan fingerprint density at radius 1 is 1.05 bits per heavy atom. The van der Waals surface area contributed by atoms with Crippen LogP contribution in [0.2, 0.25) is 0 Å². The van der Waals surface area contributed by atoms with Crippen LogP contribution in [0.5, 0.6) is 11.5 Å². The molecule has 21 heavy (non-hydrogen) atoms. The maximum Gasteiger partial charge on any atom is 0.184 e. The predicted octanol–water partition coefficient (Wildman–Crippen LogP) is 2.24. The van der Waals surface area contributed by atoms with Crippen LogP contribution in [-0.2, 0) is 0 Å². The average Bonchev–Trinajstić information content (AvgIpc) is 2.96. The van der Waals surface area contributed by atoms with Crippen molar-refractivity contribution in [2.75, 3.05) is 0 Å². The first-order chi connectivity index (χ1) is 10.2. The zero-order valence-corrected chi connectivity index (χ0v) is 11.0. The van der Waals surface area contributed by atoms with Gasteiger partial charge in [0.05, 0.1) is 6.21 Å². The Morgan fingerprint density at radius 2 is 1.86 bits per heavy atom. The number of hydrogen-bond acceptors (Lipinski definition) is 5. The van der Waals surface area contributed by atoms with Gasteiger partial charge in [0.2, 0.25) is 0 Å². The van der Waals surface area contributed by atoms with Gasteiger partial charge in [-0.15, -0.1) is 10.2 Å². The first-order valence-electron chi connectivity index (χ1n) is 6.26. The summed E-state index contributed by atoms with van der Waals surface area (Å²) in [6, 6.07) is 13.9. The lowest BCUT2D eigenvalue weighted by Gasteiger charge is -2.01. The first-order valence-corrected chi connectivity index (χ1v) is 6.26. The van der Waals surface area contributed by atoms with Crippen molar-refractivity contribution in [2.24, 2.45) is 5.10 Å². The van der Waals surface area contributed by atoms with Gasteiger partial charge in [-0.3, -0.25) is 0 Å². The highest BCUT2D eigenvalue weighted by Gasteiger charge is 2.05. The summed E-state index contributed by atoms with van der Waals surface area (Å²) in [5.74, 6) is 0.553. The molecule has 0 saturated carbocycles. The standard InChI is InChI=1S/C15H12N4O2/c20-13-7-6-12(14(21)8-13)9-17-19-10-16-18-15(19)11-4-2-1-3-5-11/h1-10,20-21H/b17-9+. The molecule has 2 N–H and O–H groups in total. The molecule has 1 heterocycles. The zero-order valence-electron chi connectivity index (χ0n) is 11.0. The third-order valence-electron chi connectivity index (χ3n) is 2.90. The fourth-order valence-electron chi connectivity index (χ4n) is 1.86. The van der Waals surface area contributed by atoms with Gasteiger partial charge >= 0.3 is 0 Å². The van der Waals surface area contributed by atoms with Gasteiger partial charge in [-0.1, -0.05) is 30.3 Å². The van der Waals surface area contributed by atoms with Gasteiger partial charge in [-0.2, -0.15) is 9.78 Å². The fraction of sp³-hybridized carbons (Fsp3) is 0. The summed E-state index contributed by atoms with van der Waals surface area (Å²) in [7, 11) is 0. The zero-order chi connectivity index (χ0) is 14.7. The molecular weight excluding hydrogens is 268 g/mol. The van der Waals surface area contributed by atoms with Gasteiger partial charge in [-0.25, -0.2) is 0 Å². The van der Waals surface area contributed by atoms with Crippen LogP contribution >= 0.6 is 0 Å². The maximum absolute atomic E-state index is 9.71. The average molecular weight is 280 g/mol. The lowest BCUT2D eigenvalue weighted by molar-refractivity contribution is 0.450. The Labute approximate surface area is 120 Å². The van der Waals surface area contributed by atoms with E-state index in [0.29, 0.717) is 11.4 Å². The van der Waals surface area contributed by atoms with Gasteiger partial charge in [0.25, 0.3) is 0 Å². The Morgan fingerprint density at radius 3 is 2.62 bits per heavy atom. The Kier molecular flexibility index (Phi) is 3.34. The lowest BCUT2D eigenvalue weighted by Crippen LogP contribution is -1.93. The van der Waals surface area contributed by atoms with Crippen molar-refractivity contribution in [3.63, 3.8) is 0 Å². The largest absolute Gasteiger partial charge is 0.508 e. The summed E-state index contributed by atoms with van der Waals surface area (Å²) in [4.78, 5) is 0. The molecule has 0 atom stereocenters. The number of aromatic nitrogens is 3. The third kappa shape index (κ3) is 2.74. The van der Waals surface area contributed by atoms with E-state index in [2.05, 4.69) is 15.3 Å². The number of hydrogen-bond donors (Lipinski definition) is 2. The second kappa shape index (κ2) is 5.46. The Hall–Kier alpha value is -3.15. The van der Waals surface area contributed by atoms with Crippen molar-refractivity contribution in [2.45, 2.75) is 0 Å². The Balaban J connectivity index is 1.93. The van der Waals surface area contributed by atoms with E-state index in [0.717, 1.165) is 5.56 Å². The second-order valence-electron chi connectivity index (χ2n) is 4.35. The molecule has 0 spiro atoms. The highest BCUT2D eigenvalue weighted by atomic mass is 16.3. The molecule has 0 saturated heterocycles. The van der Waals surface area contributed by atoms with Crippen molar-refractivity contribution in [1.29, 1.82) is 0 Å². The van der Waals surface area contributed by atoms with Crippen molar-refractivity contribution in [3.8, 4) is 22.9 Å². The molecule has 2 aromatic carbocycles. The number of aromatic hydroxyl groups is 2. The van der Waals surface area contributed by atoms with E-state index in [1.165, 1.54) is 29.4 Å². The van der Waals surface area contributed by atoms with Crippen LogP contribution in [0.3, 0.4) is 0 Å². The molecule has 3 aromatic rings. The Bertz CT molecular complexity index is 781. The molecule has 0 aliphatic rings. The number of nitrogens with zero attached hydrogens (tertiary/aromatic N) is 4. The molecule has 0 bridgehead atoms. The number of phenols is 2. The highest BCUT2D eigenvalue weighted by molar-refractivity contribution is 5.83. The van der Waals surface area contributed by atoms with Gasteiger partial charge in [0.15, 0.2) is 5.82 Å². The van der Waals surface area contributed by atoms with E-state index < -0.39 is 0 Å². The van der Waals surface area contributed by atoms with E-state index in [1.807, 2.05) is 30.3 Å². The topological polar surface area (TPSA) is 83.5 Å². The molecule has 1 aromatic heterocycles. The van der Waals surface area contributed by atoms with Crippen molar-refractivity contribution >= 4 is 6.21 Å². The van der Waals surface area contributed by atoms with Gasteiger partial charge in [-0.05, 0) is 12.1 Å². The summed E-state index contributed by atoms with van der Waals surface area (Å²) >= 11 is 0. The molecule has 3 rings (SSSR count). The molecule has 0 amide bonds. The smallest absolute Gasteiger partial charge is 0.184 e. The summed E-state index contributed by atoms with van der Waals surface area (Å²) in [5.41, 5.74) is 1.38. The molecule has 0 fully saturated rings. The first kappa shape index (κ1) is 12.9. The second-order valence-corrected chi connectivity index (χ2v) is 4.35. The van der Waals surface area contributed by atoms with E-state index in [9.17, 15) is 10.2 Å². The molecule has 6 nitrogen and oxygen atoms in total. The molecule has 0 unspecified atom stereocenters. The lowest BCUT2D eigenvalue weighted by atomic mass is 10.2. The molecule has 104 valence electrons. The van der Waals surface area contributed by atoms with Crippen LogP contribution < -0.4 is 0 Å². The summed E-state index contributed by atoms with van der Waals surface area (Å²) < 4.78 is 1.52. The SMILES string of the molecule is Oc1ccc(/C=N/n2cnnc2-c2ccccc2)c(O)c1. The molecular formula is C15H12N4O2. The van der Waals surface area contributed by atoms with Crippen LogP contribution in [0.25, 0.3) is 11.4 Å². The van der Waals surface area contributed by atoms with Gasteiger partial charge in [0, 0.05) is 17.2 Å². The minimum atomic E-state index is -0.0481. The summed E-state index contributed by atoms with van der Waals surface area (Å²) in [5, 5.41) is 31.1. The molecule has 0 aliphatic carbocycles. The van der Waals surface area contributed by atoms with Crippen molar-refractivity contribution < 1.29 is 10.2 Å².